The van der Waals surface area contributed by atoms with E-state index in [0.717, 1.165) is 49.0 Å². The summed E-state index contributed by atoms with van der Waals surface area (Å²) in [6, 6.07) is 7.29. The molecule has 0 spiro atoms. The van der Waals surface area contributed by atoms with Gasteiger partial charge in [0.1, 0.15) is 5.75 Å². The second-order valence-electron chi connectivity index (χ2n) is 4.89. The third-order valence-electron chi connectivity index (χ3n) is 3.49. The minimum absolute atomic E-state index is 0.220. The maximum absolute atomic E-state index is 11.3. The Morgan fingerprint density at radius 3 is 2.65 bits per heavy atom. The summed E-state index contributed by atoms with van der Waals surface area (Å²) < 4.78 is 5.09. The van der Waals surface area contributed by atoms with Gasteiger partial charge in [-0.2, -0.15) is 0 Å². The van der Waals surface area contributed by atoms with Crippen molar-refractivity contribution in [2.75, 3.05) is 7.11 Å². The molecule has 0 saturated heterocycles. The number of nitro groups is 1. The quantitative estimate of drug-likeness (QED) is 0.610. The zero-order valence-electron chi connectivity index (χ0n) is 11.7. The predicted molar refractivity (Wildman–Crippen MR) is 79.1 cm³/mol. The van der Waals surface area contributed by atoms with Crippen LogP contribution >= 0.6 is 0 Å². The molecule has 4 heteroatoms. The molecular weight excluding hydrogens is 254 g/mol. The van der Waals surface area contributed by atoms with E-state index < -0.39 is 0 Å². The largest absolute Gasteiger partial charge is 0.497 e. The fourth-order valence-electron chi connectivity index (χ4n) is 2.37. The molecule has 4 nitrogen and oxygen atoms in total. The highest BCUT2D eigenvalue weighted by atomic mass is 16.6. The lowest BCUT2D eigenvalue weighted by Gasteiger charge is -2.04. The number of hydrogen-bond donors (Lipinski definition) is 0. The van der Waals surface area contributed by atoms with E-state index in [-0.39, 0.29) is 10.6 Å². The Balaban J connectivity index is 2.28. The summed E-state index contributed by atoms with van der Waals surface area (Å²) in [7, 11) is 1.60. The van der Waals surface area contributed by atoms with Crippen molar-refractivity contribution < 1.29 is 9.66 Å². The molecule has 0 bridgehead atoms. The molecule has 0 amide bonds. The molecule has 0 unspecified atom stereocenters. The van der Waals surface area contributed by atoms with E-state index >= 15 is 0 Å². The SMILES string of the molecule is COc1ccc(/C=C(\C2=CCCCCC2)[N+](=O)[O-])cc1. The molecule has 0 aliphatic heterocycles. The molecular formula is C16H19NO3. The van der Waals surface area contributed by atoms with E-state index in [1.165, 1.54) is 0 Å². The molecule has 0 radical (unpaired) electrons. The molecule has 0 heterocycles. The van der Waals surface area contributed by atoms with Gasteiger partial charge in [0.15, 0.2) is 0 Å². The predicted octanol–water partition coefficient (Wildman–Crippen LogP) is 4.20. The molecule has 1 aliphatic carbocycles. The Bertz CT molecular complexity index is 529. The molecule has 0 atom stereocenters. The fourth-order valence-corrected chi connectivity index (χ4v) is 2.37. The van der Waals surface area contributed by atoms with Crippen molar-refractivity contribution in [2.45, 2.75) is 32.1 Å². The van der Waals surface area contributed by atoms with Crippen molar-refractivity contribution in [3.63, 3.8) is 0 Å². The van der Waals surface area contributed by atoms with Crippen LogP contribution in [0.15, 0.2) is 41.6 Å². The number of benzene rings is 1. The van der Waals surface area contributed by atoms with Crippen LogP contribution in [0.3, 0.4) is 0 Å². The Labute approximate surface area is 118 Å². The Kier molecular flexibility index (Phi) is 4.93. The van der Waals surface area contributed by atoms with Crippen molar-refractivity contribution in [3.8, 4) is 5.75 Å². The van der Waals surface area contributed by atoms with Crippen molar-refractivity contribution in [1.29, 1.82) is 0 Å². The summed E-state index contributed by atoms with van der Waals surface area (Å²) in [6.45, 7) is 0. The molecule has 1 aromatic carbocycles. The maximum atomic E-state index is 11.3. The fraction of sp³-hybridized carbons (Fsp3) is 0.375. The number of nitrogens with zero attached hydrogens (tertiary/aromatic N) is 1. The lowest BCUT2D eigenvalue weighted by Crippen LogP contribution is -2.02. The van der Waals surface area contributed by atoms with Gasteiger partial charge in [0, 0.05) is 11.6 Å². The van der Waals surface area contributed by atoms with Gasteiger partial charge in [-0.3, -0.25) is 10.1 Å². The molecule has 0 saturated carbocycles. The minimum atomic E-state index is -0.276. The Morgan fingerprint density at radius 1 is 1.25 bits per heavy atom. The van der Waals surface area contributed by atoms with Crippen LogP contribution in [0.1, 0.15) is 37.7 Å². The van der Waals surface area contributed by atoms with Gasteiger partial charge in [-0.1, -0.05) is 24.6 Å². The highest BCUT2D eigenvalue weighted by molar-refractivity contribution is 5.56. The van der Waals surface area contributed by atoms with Crippen LogP contribution in [0.2, 0.25) is 0 Å². The number of rotatable bonds is 4. The number of hydrogen-bond acceptors (Lipinski definition) is 3. The first-order valence-electron chi connectivity index (χ1n) is 6.90. The highest BCUT2D eigenvalue weighted by Gasteiger charge is 2.18. The second-order valence-corrected chi connectivity index (χ2v) is 4.89. The smallest absolute Gasteiger partial charge is 0.272 e. The van der Waals surface area contributed by atoms with Gasteiger partial charge in [-0.05, 0) is 43.4 Å². The normalized spacial score (nSPS) is 16.2. The highest BCUT2D eigenvalue weighted by Crippen LogP contribution is 2.25. The molecule has 2 rings (SSSR count). The number of allylic oxidation sites excluding steroid dienone is 2. The summed E-state index contributed by atoms with van der Waals surface area (Å²) in [4.78, 5) is 11.0. The molecule has 0 fully saturated rings. The Morgan fingerprint density at radius 2 is 2.00 bits per heavy atom. The molecule has 0 N–H and O–H groups in total. The second kappa shape index (κ2) is 6.89. The minimum Gasteiger partial charge on any atom is -0.497 e. The van der Waals surface area contributed by atoms with E-state index in [2.05, 4.69) is 0 Å². The first-order chi connectivity index (χ1) is 9.70. The van der Waals surface area contributed by atoms with Crippen LogP contribution in [0.4, 0.5) is 0 Å². The van der Waals surface area contributed by atoms with E-state index in [9.17, 15) is 10.1 Å². The van der Waals surface area contributed by atoms with Gasteiger partial charge < -0.3 is 4.74 Å². The van der Waals surface area contributed by atoms with Gasteiger partial charge in [0.05, 0.1) is 12.0 Å². The van der Waals surface area contributed by atoms with Crippen LogP contribution in [0, 0.1) is 10.1 Å². The zero-order valence-corrected chi connectivity index (χ0v) is 11.7. The number of methoxy groups -OCH3 is 1. The van der Waals surface area contributed by atoms with E-state index in [1.807, 2.05) is 30.3 Å². The molecule has 0 aromatic heterocycles. The molecule has 1 aliphatic rings. The van der Waals surface area contributed by atoms with Crippen LogP contribution in [-0.4, -0.2) is 12.0 Å². The zero-order chi connectivity index (χ0) is 14.4. The standard InChI is InChI=1S/C16H19NO3/c1-20-15-10-8-13(9-11-15)12-16(17(18)19)14-6-4-2-3-5-7-14/h6,8-12H,2-5,7H2,1H3/b16-12+. The molecule has 106 valence electrons. The van der Waals surface area contributed by atoms with Crippen molar-refractivity contribution in [3.05, 3.63) is 57.3 Å². The van der Waals surface area contributed by atoms with Crippen LogP contribution in [0.25, 0.3) is 6.08 Å². The van der Waals surface area contributed by atoms with Gasteiger partial charge in [0.25, 0.3) is 5.70 Å². The van der Waals surface area contributed by atoms with Gasteiger partial charge in [-0.15, -0.1) is 0 Å². The van der Waals surface area contributed by atoms with Gasteiger partial charge >= 0.3 is 0 Å². The van der Waals surface area contributed by atoms with Crippen molar-refractivity contribution >= 4 is 6.08 Å². The number of ether oxygens (including phenoxy) is 1. The van der Waals surface area contributed by atoms with Crippen molar-refractivity contribution in [2.24, 2.45) is 0 Å². The molecule has 1 aromatic rings. The lowest BCUT2D eigenvalue weighted by atomic mass is 10.0. The summed E-state index contributed by atoms with van der Waals surface area (Å²) >= 11 is 0. The average molecular weight is 273 g/mol. The van der Waals surface area contributed by atoms with Crippen molar-refractivity contribution in [1.82, 2.24) is 0 Å². The summed E-state index contributed by atoms with van der Waals surface area (Å²) in [5.74, 6) is 0.749. The summed E-state index contributed by atoms with van der Waals surface area (Å²) in [5, 5.41) is 11.3. The topological polar surface area (TPSA) is 52.4 Å². The maximum Gasteiger partial charge on any atom is 0.272 e. The third kappa shape index (κ3) is 3.70. The van der Waals surface area contributed by atoms with Gasteiger partial charge in [-0.25, -0.2) is 0 Å². The average Bonchev–Trinajstić information content (AvgIpc) is 2.74. The lowest BCUT2D eigenvalue weighted by molar-refractivity contribution is -0.419. The molecule has 20 heavy (non-hydrogen) atoms. The van der Waals surface area contributed by atoms with E-state index in [0.29, 0.717) is 0 Å². The summed E-state index contributed by atoms with van der Waals surface area (Å²) in [5.41, 5.74) is 1.91. The first-order valence-corrected chi connectivity index (χ1v) is 6.90. The monoisotopic (exact) mass is 273 g/mol. The van der Waals surface area contributed by atoms with Crippen LogP contribution < -0.4 is 4.74 Å². The summed E-state index contributed by atoms with van der Waals surface area (Å²) in [6.07, 6.45) is 8.69. The van der Waals surface area contributed by atoms with E-state index in [4.69, 9.17) is 4.74 Å². The van der Waals surface area contributed by atoms with E-state index in [1.54, 1.807) is 13.2 Å². The van der Waals surface area contributed by atoms with Crippen LogP contribution in [0.5, 0.6) is 5.75 Å². The van der Waals surface area contributed by atoms with Gasteiger partial charge in [0.2, 0.25) is 0 Å². The first kappa shape index (κ1) is 14.3. The Hall–Kier alpha value is -2.10. The van der Waals surface area contributed by atoms with Crippen LogP contribution in [-0.2, 0) is 0 Å². The third-order valence-corrected chi connectivity index (χ3v) is 3.49.